The molecule has 0 bridgehead atoms. The third-order valence-electron chi connectivity index (χ3n) is 3.13. The standard InChI is InChI=1S/C15H14ClN3O6/c1-7-3-10(11(24-2)4-9(7)16)18-12(20)6-25-14(22)8-5-17-15(23)19-13(8)21/h3-5H,6H2,1-2H3,(H,18,20)(H2,17,19,21,23). The van der Waals surface area contributed by atoms with Crippen LogP contribution in [0.2, 0.25) is 5.02 Å². The van der Waals surface area contributed by atoms with Gasteiger partial charge in [0, 0.05) is 17.3 Å². The fourth-order valence-corrected chi connectivity index (χ4v) is 2.04. The Morgan fingerprint density at radius 3 is 2.64 bits per heavy atom. The molecule has 2 rings (SSSR count). The molecule has 0 radical (unpaired) electrons. The summed E-state index contributed by atoms with van der Waals surface area (Å²) in [7, 11) is 1.42. The summed E-state index contributed by atoms with van der Waals surface area (Å²) >= 11 is 5.98. The number of carbonyl (C=O) groups is 2. The number of amides is 1. The van der Waals surface area contributed by atoms with Crippen molar-refractivity contribution in [1.29, 1.82) is 0 Å². The van der Waals surface area contributed by atoms with Crippen molar-refractivity contribution in [1.82, 2.24) is 9.97 Å². The predicted octanol–water partition coefficient (Wildman–Crippen LogP) is 0.829. The van der Waals surface area contributed by atoms with Crippen molar-refractivity contribution in [2.75, 3.05) is 19.0 Å². The molecule has 2 aromatic rings. The lowest BCUT2D eigenvalue weighted by atomic mass is 10.2. The number of aryl methyl sites for hydroxylation is 1. The number of H-pyrrole nitrogens is 2. The Balaban J connectivity index is 2.04. The highest BCUT2D eigenvalue weighted by molar-refractivity contribution is 6.31. The molecule has 9 nitrogen and oxygen atoms in total. The summed E-state index contributed by atoms with van der Waals surface area (Å²) < 4.78 is 9.87. The molecule has 0 aliphatic carbocycles. The Hall–Kier alpha value is -3.07. The molecule has 25 heavy (non-hydrogen) atoms. The minimum absolute atomic E-state index is 0.340. The molecule has 3 N–H and O–H groups in total. The van der Waals surface area contributed by atoms with Gasteiger partial charge in [0.2, 0.25) is 0 Å². The van der Waals surface area contributed by atoms with Crippen LogP contribution in [0.3, 0.4) is 0 Å². The van der Waals surface area contributed by atoms with Gasteiger partial charge in [0.25, 0.3) is 11.5 Å². The summed E-state index contributed by atoms with van der Waals surface area (Å²) in [4.78, 5) is 50.1. The van der Waals surface area contributed by atoms with Gasteiger partial charge in [-0.2, -0.15) is 0 Å². The van der Waals surface area contributed by atoms with Gasteiger partial charge < -0.3 is 19.8 Å². The van der Waals surface area contributed by atoms with Crippen LogP contribution in [0.1, 0.15) is 15.9 Å². The fraction of sp³-hybridized carbons (Fsp3) is 0.200. The summed E-state index contributed by atoms with van der Waals surface area (Å²) in [6.07, 6.45) is 0.910. The molecule has 0 atom stereocenters. The lowest BCUT2D eigenvalue weighted by Gasteiger charge is -2.12. The fourth-order valence-electron chi connectivity index (χ4n) is 1.89. The van der Waals surface area contributed by atoms with E-state index >= 15 is 0 Å². The van der Waals surface area contributed by atoms with Crippen LogP contribution in [0.5, 0.6) is 5.75 Å². The first kappa shape index (κ1) is 18.3. The summed E-state index contributed by atoms with van der Waals surface area (Å²) in [5, 5.41) is 2.99. The zero-order valence-corrected chi connectivity index (χ0v) is 14.0. The van der Waals surface area contributed by atoms with Gasteiger partial charge in [-0.3, -0.25) is 14.6 Å². The number of nitrogens with one attached hydrogen (secondary N) is 3. The van der Waals surface area contributed by atoms with Gasteiger partial charge in [0.15, 0.2) is 6.61 Å². The summed E-state index contributed by atoms with van der Waals surface area (Å²) in [5.41, 5.74) is -1.03. The zero-order valence-electron chi connectivity index (χ0n) is 13.3. The Morgan fingerprint density at radius 2 is 2.00 bits per heavy atom. The summed E-state index contributed by atoms with van der Waals surface area (Å²) in [5.74, 6) is -1.35. The maximum Gasteiger partial charge on any atom is 0.345 e. The van der Waals surface area contributed by atoms with E-state index in [9.17, 15) is 19.2 Å². The Morgan fingerprint density at radius 1 is 1.28 bits per heavy atom. The molecule has 0 saturated heterocycles. The molecule has 1 heterocycles. The number of esters is 1. The Labute approximate surface area is 145 Å². The molecular formula is C15H14ClN3O6. The number of ether oxygens (including phenoxy) is 2. The molecule has 0 saturated carbocycles. The van der Waals surface area contributed by atoms with Gasteiger partial charge in [-0.05, 0) is 18.6 Å². The van der Waals surface area contributed by atoms with Crippen molar-refractivity contribution < 1.29 is 19.1 Å². The van der Waals surface area contributed by atoms with Crippen LogP contribution in [0.15, 0.2) is 27.9 Å². The number of anilines is 1. The van der Waals surface area contributed by atoms with E-state index in [1.54, 1.807) is 19.1 Å². The molecule has 0 aliphatic rings. The number of hydrogen-bond donors (Lipinski definition) is 3. The van der Waals surface area contributed by atoms with E-state index in [0.29, 0.717) is 16.5 Å². The van der Waals surface area contributed by atoms with Crippen molar-refractivity contribution in [2.24, 2.45) is 0 Å². The van der Waals surface area contributed by atoms with Gasteiger partial charge in [-0.25, -0.2) is 9.59 Å². The number of hydrogen-bond acceptors (Lipinski definition) is 6. The van der Waals surface area contributed by atoms with E-state index in [1.165, 1.54) is 7.11 Å². The number of methoxy groups -OCH3 is 1. The average molecular weight is 368 g/mol. The second-order valence-electron chi connectivity index (χ2n) is 4.91. The van der Waals surface area contributed by atoms with Crippen LogP contribution >= 0.6 is 11.6 Å². The lowest BCUT2D eigenvalue weighted by molar-refractivity contribution is -0.119. The van der Waals surface area contributed by atoms with E-state index in [4.69, 9.17) is 21.1 Å². The zero-order chi connectivity index (χ0) is 18.6. The van der Waals surface area contributed by atoms with Crippen LogP contribution in [-0.2, 0) is 9.53 Å². The number of benzene rings is 1. The molecule has 0 aliphatic heterocycles. The topological polar surface area (TPSA) is 130 Å². The summed E-state index contributed by atoms with van der Waals surface area (Å²) in [6.45, 7) is 1.11. The number of rotatable bonds is 5. The van der Waals surface area contributed by atoms with Crippen LogP contribution in [0.25, 0.3) is 0 Å². The SMILES string of the molecule is COc1cc(Cl)c(C)cc1NC(=O)COC(=O)c1c[nH]c(=O)[nH]c1=O. The maximum absolute atomic E-state index is 11.9. The molecule has 0 spiro atoms. The number of halogens is 1. The Bertz CT molecular complexity index is 934. The normalized spacial score (nSPS) is 10.2. The van der Waals surface area contributed by atoms with Crippen molar-refractivity contribution >= 4 is 29.2 Å². The van der Waals surface area contributed by atoms with Gasteiger partial charge in [-0.1, -0.05) is 11.6 Å². The van der Waals surface area contributed by atoms with Crippen LogP contribution in [0.4, 0.5) is 5.69 Å². The minimum Gasteiger partial charge on any atom is -0.495 e. The second-order valence-corrected chi connectivity index (χ2v) is 5.32. The van der Waals surface area contributed by atoms with Crippen molar-refractivity contribution in [3.8, 4) is 5.75 Å². The van der Waals surface area contributed by atoms with Crippen molar-refractivity contribution in [3.63, 3.8) is 0 Å². The molecule has 10 heteroatoms. The van der Waals surface area contributed by atoms with Crippen LogP contribution in [-0.4, -0.2) is 35.6 Å². The molecule has 1 amide bonds. The summed E-state index contributed by atoms with van der Waals surface area (Å²) in [6, 6.07) is 3.14. The van der Waals surface area contributed by atoms with E-state index in [2.05, 4.69) is 10.3 Å². The highest BCUT2D eigenvalue weighted by Crippen LogP contribution is 2.30. The second kappa shape index (κ2) is 7.67. The Kier molecular flexibility index (Phi) is 5.60. The van der Waals surface area contributed by atoms with Crippen LogP contribution < -0.4 is 21.3 Å². The predicted molar refractivity (Wildman–Crippen MR) is 89.3 cm³/mol. The smallest absolute Gasteiger partial charge is 0.345 e. The molecule has 0 fully saturated rings. The van der Waals surface area contributed by atoms with Gasteiger partial charge in [0.1, 0.15) is 11.3 Å². The number of aromatic amines is 2. The van der Waals surface area contributed by atoms with E-state index in [0.717, 1.165) is 11.8 Å². The molecule has 1 aromatic heterocycles. The number of carbonyl (C=O) groups excluding carboxylic acids is 2. The van der Waals surface area contributed by atoms with Crippen molar-refractivity contribution in [2.45, 2.75) is 6.92 Å². The average Bonchev–Trinajstić information content (AvgIpc) is 2.55. The monoisotopic (exact) mass is 367 g/mol. The third-order valence-corrected chi connectivity index (χ3v) is 3.54. The van der Waals surface area contributed by atoms with E-state index < -0.39 is 35.3 Å². The first-order chi connectivity index (χ1) is 11.8. The molecule has 132 valence electrons. The maximum atomic E-state index is 11.9. The first-order valence-corrected chi connectivity index (χ1v) is 7.32. The largest absolute Gasteiger partial charge is 0.495 e. The lowest BCUT2D eigenvalue weighted by Crippen LogP contribution is -2.29. The number of aromatic nitrogens is 2. The van der Waals surface area contributed by atoms with E-state index in [1.807, 2.05) is 4.98 Å². The molecular weight excluding hydrogens is 354 g/mol. The molecule has 1 aromatic carbocycles. The highest BCUT2D eigenvalue weighted by Gasteiger charge is 2.16. The highest BCUT2D eigenvalue weighted by atomic mass is 35.5. The van der Waals surface area contributed by atoms with Gasteiger partial charge >= 0.3 is 11.7 Å². The van der Waals surface area contributed by atoms with Gasteiger partial charge in [0.05, 0.1) is 12.8 Å². The first-order valence-electron chi connectivity index (χ1n) is 6.95. The minimum atomic E-state index is -1.05. The van der Waals surface area contributed by atoms with Crippen molar-refractivity contribution in [3.05, 3.63) is 55.3 Å². The van der Waals surface area contributed by atoms with Gasteiger partial charge in [-0.15, -0.1) is 0 Å². The quantitative estimate of drug-likeness (QED) is 0.671. The van der Waals surface area contributed by atoms with Crippen LogP contribution in [0, 0.1) is 6.92 Å². The van der Waals surface area contributed by atoms with E-state index in [-0.39, 0.29) is 0 Å². The molecule has 0 unspecified atom stereocenters. The third kappa shape index (κ3) is 4.48.